The molecule has 0 fully saturated rings. The van der Waals surface area contributed by atoms with Crippen LogP contribution in [0, 0.1) is 0 Å². The van der Waals surface area contributed by atoms with Gasteiger partial charge in [-0.2, -0.15) is 0 Å². The van der Waals surface area contributed by atoms with E-state index in [0.717, 1.165) is 0 Å². The molecule has 2 heteroatoms. The van der Waals surface area contributed by atoms with Crippen molar-refractivity contribution < 1.29 is 0 Å². The van der Waals surface area contributed by atoms with Crippen LogP contribution >= 0.6 is 0 Å². The third-order valence-electron chi connectivity index (χ3n) is 7.42. The zero-order valence-corrected chi connectivity index (χ0v) is 24.7. The van der Waals surface area contributed by atoms with Gasteiger partial charge in [0.25, 0.3) is 0 Å². The van der Waals surface area contributed by atoms with Crippen molar-refractivity contribution in [2.45, 2.75) is 23.0 Å². The fourth-order valence-electron chi connectivity index (χ4n) is 5.50. The summed E-state index contributed by atoms with van der Waals surface area (Å²) < 4.78 is 6.15. The maximum absolute atomic E-state index is 2.57. The summed E-state index contributed by atoms with van der Waals surface area (Å²) >= 11 is -5.14. The summed E-state index contributed by atoms with van der Waals surface area (Å²) in [6.07, 6.45) is 9.48. The Balaban J connectivity index is 1.83. The van der Waals surface area contributed by atoms with Crippen molar-refractivity contribution in [1.29, 1.82) is 0 Å². The van der Waals surface area contributed by atoms with Crippen LogP contribution in [-0.2, 0) is 0 Å². The second-order valence-electron chi connectivity index (χ2n) is 10.3. The van der Waals surface area contributed by atoms with E-state index in [1.807, 2.05) is 0 Å². The topological polar surface area (TPSA) is 0 Å². The fourth-order valence-corrected chi connectivity index (χ4v) is 18.5. The van der Waals surface area contributed by atoms with E-state index in [1.165, 1.54) is 39.8 Å². The molecule has 0 unspecified atom stereocenters. The number of rotatable bonds is 0. The molecular formula is C32H32Ge2. The van der Waals surface area contributed by atoms with E-state index in [0.29, 0.717) is 0 Å². The second kappa shape index (κ2) is 9.24. The molecule has 0 saturated carbocycles. The molecule has 0 bridgehead atoms. The average Bonchev–Trinajstić information content (AvgIpc) is 2.86. The van der Waals surface area contributed by atoms with Gasteiger partial charge in [0.2, 0.25) is 0 Å². The van der Waals surface area contributed by atoms with Gasteiger partial charge in [-0.05, 0) is 0 Å². The first kappa shape index (κ1) is 23.2. The van der Waals surface area contributed by atoms with Crippen LogP contribution in [0.3, 0.4) is 0 Å². The van der Waals surface area contributed by atoms with E-state index in [2.05, 4.69) is 144 Å². The van der Waals surface area contributed by atoms with Crippen LogP contribution in [-0.4, -0.2) is 26.5 Å². The summed E-state index contributed by atoms with van der Waals surface area (Å²) in [7, 11) is 0. The summed E-state index contributed by atoms with van der Waals surface area (Å²) in [6, 6.07) is 36.2. The number of hydrogen-bond donors (Lipinski definition) is 0. The van der Waals surface area contributed by atoms with E-state index in [1.54, 1.807) is 0 Å². The molecule has 0 radical (unpaired) electrons. The molecule has 4 aromatic rings. The molecule has 0 spiro atoms. The van der Waals surface area contributed by atoms with Gasteiger partial charge in [-0.3, -0.25) is 0 Å². The Labute approximate surface area is 209 Å². The van der Waals surface area contributed by atoms with Crippen LogP contribution in [0.2, 0.25) is 23.0 Å². The van der Waals surface area contributed by atoms with Crippen molar-refractivity contribution in [3.05, 3.63) is 119 Å². The van der Waals surface area contributed by atoms with Crippen molar-refractivity contribution in [3.63, 3.8) is 0 Å². The van der Waals surface area contributed by atoms with Crippen molar-refractivity contribution in [2.24, 2.45) is 0 Å². The molecule has 0 nitrogen and oxygen atoms in total. The van der Waals surface area contributed by atoms with Gasteiger partial charge in [-0.15, -0.1) is 0 Å². The Bertz CT molecular complexity index is 1190. The van der Waals surface area contributed by atoms with Crippen molar-refractivity contribution in [3.8, 4) is 0 Å². The molecule has 0 N–H and O–H groups in total. The third-order valence-corrected chi connectivity index (χ3v) is 22.5. The number of hydrogen-bond acceptors (Lipinski definition) is 0. The third kappa shape index (κ3) is 4.19. The van der Waals surface area contributed by atoms with Gasteiger partial charge in [-0.1, -0.05) is 0 Å². The summed E-state index contributed by atoms with van der Waals surface area (Å²) in [5.74, 6) is 10.1. The van der Waals surface area contributed by atoms with Gasteiger partial charge in [-0.25, -0.2) is 0 Å². The van der Waals surface area contributed by atoms with Crippen LogP contribution in [0.4, 0.5) is 0 Å². The number of fused-ring (bicyclic) bond motifs is 4. The molecule has 168 valence electrons. The van der Waals surface area contributed by atoms with Crippen LogP contribution in [0.15, 0.2) is 97.1 Å². The van der Waals surface area contributed by atoms with Crippen molar-refractivity contribution in [1.82, 2.24) is 0 Å². The van der Waals surface area contributed by atoms with Gasteiger partial charge in [0.15, 0.2) is 0 Å². The molecule has 1 heterocycles. The maximum atomic E-state index is 2.53. The summed E-state index contributed by atoms with van der Waals surface area (Å²) in [4.78, 5) is 0. The number of benzene rings is 4. The molecular weight excluding hydrogens is 530 g/mol. The minimum atomic E-state index is -2.57. The van der Waals surface area contributed by atoms with Gasteiger partial charge < -0.3 is 0 Å². The summed E-state index contributed by atoms with van der Waals surface area (Å²) in [5, 5.41) is 0. The summed E-state index contributed by atoms with van der Waals surface area (Å²) in [5.41, 5.74) is 5.46. The monoisotopic (exact) mass is 564 g/mol. The van der Waals surface area contributed by atoms with Crippen molar-refractivity contribution in [2.75, 3.05) is 0 Å². The zero-order valence-electron chi connectivity index (χ0n) is 20.5. The van der Waals surface area contributed by atoms with E-state index < -0.39 is 26.5 Å². The summed E-state index contributed by atoms with van der Waals surface area (Å²) in [6.45, 7) is 0. The fraction of sp³-hybridized carbons (Fsp3) is 0.125. The Morgan fingerprint density at radius 3 is 0.765 bits per heavy atom. The van der Waals surface area contributed by atoms with Gasteiger partial charge in [0.1, 0.15) is 0 Å². The first-order valence-corrected chi connectivity index (χ1v) is 24.7. The molecule has 0 saturated heterocycles. The molecule has 0 aliphatic carbocycles. The van der Waals surface area contributed by atoms with E-state index in [-0.39, 0.29) is 0 Å². The van der Waals surface area contributed by atoms with Gasteiger partial charge in [0.05, 0.1) is 0 Å². The van der Waals surface area contributed by atoms with Crippen LogP contribution in [0.25, 0.3) is 24.3 Å². The first-order valence-electron chi connectivity index (χ1n) is 12.1. The Hall–Kier alpha value is -2.55. The van der Waals surface area contributed by atoms with E-state index in [9.17, 15) is 0 Å². The van der Waals surface area contributed by atoms with E-state index in [4.69, 9.17) is 0 Å². The second-order valence-corrected chi connectivity index (χ2v) is 28.4. The standard InChI is InChI=1S/C32H32Ge2/c1-33(2)29-17-9-5-13-25(29)21-23-27-15-7-11-19-31(27)34(3,4)32-20-12-8-16-28(32)24-22-26-14-6-10-18-30(26)33/h5-24H,1-4H3/b23-21+,24-22+. The van der Waals surface area contributed by atoms with Crippen LogP contribution in [0.1, 0.15) is 22.3 Å². The molecule has 0 amide bonds. The van der Waals surface area contributed by atoms with Crippen LogP contribution in [0.5, 0.6) is 0 Å². The SMILES string of the molecule is [CH3][Ge]1([CH3])[c]2ccccc2/C=C/c2cccc[c]2[Ge]([CH3])([CH3])[c]2ccccc2/C=C/c2cccc[c]21. The van der Waals surface area contributed by atoms with Gasteiger partial charge in [0, 0.05) is 0 Å². The van der Waals surface area contributed by atoms with Crippen LogP contribution < -0.4 is 17.6 Å². The minimum absolute atomic E-state index is 1.36. The molecule has 0 atom stereocenters. The first-order chi connectivity index (χ1) is 16.4. The Morgan fingerprint density at radius 1 is 0.324 bits per heavy atom. The molecule has 1 aliphatic heterocycles. The Morgan fingerprint density at radius 2 is 0.529 bits per heavy atom. The predicted octanol–water partition coefficient (Wildman–Crippen LogP) is 5.99. The normalized spacial score (nSPS) is 17.8. The van der Waals surface area contributed by atoms with Crippen molar-refractivity contribution >= 4 is 68.4 Å². The predicted molar refractivity (Wildman–Crippen MR) is 157 cm³/mol. The molecule has 34 heavy (non-hydrogen) atoms. The quantitative estimate of drug-likeness (QED) is 0.232. The average molecular weight is 562 g/mol. The zero-order chi connectivity index (χ0) is 23.8. The van der Waals surface area contributed by atoms with Gasteiger partial charge >= 0.3 is 211 Å². The molecule has 4 aromatic carbocycles. The molecule has 0 aromatic heterocycles. The van der Waals surface area contributed by atoms with E-state index >= 15 is 0 Å². The molecule has 5 rings (SSSR count). The molecule has 1 aliphatic rings. The Kier molecular flexibility index (Phi) is 6.31.